The van der Waals surface area contributed by atoms with E-state index in [9.17, 15) is 4.79 Å². The molecule has 0 radical (unpaired) electrons. The van der Waals surface area contributed by atoms with Crippen LogP contribution in [0, 0.1) is 5.92 Å². The molecule has 1 N–H and O–H groups in total. The van der Waals surface area contributed by atoms with E-state index in [2.05, 4.69) is 60.2 Å². The van der Waals surface area contributed by atoms with Gasteiger partial charge in [0.25, 0.3) is 0 Å². The summed E-state index contributed by atoms with van der Waals surface area (Å²) in [6, 6.07) is 8.84. The van der Waals surface area contributed by atoms with E-state index < -0.39 is 0 Å². The molecule has 0 spiro atoms. The van der Waals surface area contributed by atoms with E-state index >= 15 is 0 Å². The van der Waals surface area contributed by atoms with E-state index in [-0.39, 0.29) is 5.91 Å². The van der Waals surface area contributed by atoms with Crippen LogP contribution in [0.3, 0.4) is 0 Å². The van der Waals surface area contributed by atoms with Crippen molar-refractivity contribution >= 4 is 17.2 Å². The molecule has 28 heavy (non-hydrogen) atoms. The monoisotopic (exact) mass is 401 g/mol. The minimum absolute atomic E-state index is 0.0390. The molecule has 0 aliphatic carbocycles. The van der Waals surface area contributed by atoms with Crippen LogP contribution in [0.5, 0.6) is 0 Å². The van der Waals surface area contributed by atoms with Crippen molar-refractivity contribution in [3.05, 3.63) is 40.9 Å². The summed E-state index contributed by atoms with van der Waals surface area (Å²) in [5, 5.41) is 6.08. The molecule has 1 amide bonds. The molecule has 3 rings (SSSR count). The lowest BCUT2D eigenvalue weighted by atomic mass is 10.0. The van der Waals surface area contributed by atoms with Crippen molar-refractivity contribution in [3.8, 4) is 10.6 Å². The number of amides is 1. The average Bonchev–Trinajstić information content (AvgIpc) is 3.17. The number of carbonyl (C=O) groups is 1. The molecule has 1 aliphatic heterocycles. The quantitative estimate of drug-likeness (QED) is 0.737. The molecule has 5 nitrogen and oxygen atoms in total. The maximum absolute atomic E-state index is 12.5. The topological polar surface area (TPSA) is 54.5 Å². The average molecular weight is 402 g/mol. The van der Waals surface area contributed by atoms with Gasteiger partial charge >= 0.3 is 0 Å². The van der Waals surface area contributed by atoms with Crippen molar-refractivity contribution in [3.63, 3.8) is 0 Å². The molecule has 1 atom stereocenters. The Hall–Kier alpha value is -1.76. The third kappa shape index (κ3) is 5.63. The highest BCUT2D eigenvalue weighted by Gasteiger charge is 2.24. The summed E-state index contributed by atoms with van der Waals surface area (Å²) in [4.78, 5) is 19.5. The number of aromatic nitrogens is 1. The first-order chi connectivity index (χ1) is 13.6. The molecule has 0 saturated carbocycles. The number of nitrogens with zero attached hydrogens (tertiary/aromatic N) is 2. The molecule has 2 heterocycles. The zero-order chi connectivity index (χ0) is 19.9. The predicted molar refractivity (Wildman–Crippen MR) is 115 cm³/mol. The lowest BCUT2D eigenvalue weighted by Crippen LogP contribution is -2.51. The molecule has 6 heteroatoms. The summed E-state index contributed by atoms with van der Waals surface area (Å²) in [7, 11) is 0. The van der Waals surface area contributed by atoms with Crippen molar-refractivity contribution in [1.29, 1.82) is 0 Å². The van der Waals surface area contributed by atoms with Crippen molar-refractivity contribution in [2.24, 2.45) is 5.92 Å². The van der Waals surface area contributed by atoms with Crippen LogP contribution >= 0.6 is 11.3 Å². The van der Waals surface area contributed by atoms with Gasteiger partial charge in [-0.1, -0.05) is 45.0 Å². The van der Waals surface area contributed by atoms with Crippen LogP contribution in [0.4, 0.5) is 0 Å². The number of benzene rings is 1. The van der Waals surface area contributed by atoms with Crippen LogP contribution in [-0.4, -0.2) is 54.7 Å². The first-order valence-electron chi connectivity index (χ1n) is 10.2. The van der Waals surface area contributed by atoms with Gasteiger partial charge in [-0.15, -0.1) is 11.3 Å². The third-order valence-electron chi connectivity index (χ3n) is 5.30. The summed E-state index contributed by atoms with van der Waals surface area (Å²) in [6.07, 6.45) is 1.36. The van der Waals surface area contributed by atoms with Gasteiger partial charge in [0.1, 0.15) is 5.01 Å². The largest absolute Gasteiger partial charge is 0.379 e. The van der Waals surface area contributed by atoms with Crippen molar-refractivity contribution in [2.75, 3.05) is 32.8 Å². The lowest BCUT2D eigenvalue weighted by molar-refractivity contribution is -0.120. The zero-order valence-corrected chi connectivity index (χ0v) is 17.9. The molecule has 1 aliphatic rings. The minimum Gasteiger partial charge on any atom is -0.379 e. The number of nitrogens with one attached hydrogen (secondary N) is 1. The number of ether oxygens (including phenoxy) is 1. The number of rotatable bonds is 8. The van der Waals surface area contributed by atoms with Gasteiger partial charge in [0.2, 0.25) is 5.91 Å². The normalized spacial score (nSPS) is 16.3. The van der Waals surface area contributed by atoms with Crippen LogP contribution in [0.25, 0.3) is 10.6 Å². The SMILES string of the molecule is CCc1ccc(-c2nc(CC(=O)NCC(C(C)C)N3CCOCC3)cs2)cc1. The maximum atomic E-state index is 12.5. The van der Waals surface area contributed by atoms with Crippen LogP contribution in [0.2, 0.25) is 0 Å². The molecule has 1 fully saturated rings. The Labute approximate surface area is 172 Å². The van der Waals surface area contributed by atoms with E-state index in [0.29, 0.717) is 24.9 Å². The van der Waals surface area contributed by atoms with E-state index in [4.69, 9.17) is 4.74 Å². The van der Waals surface area contributed by atoms with Crippen molar-refractivity contribution < 1.29 is 9.53 Å². The Morgan fingerprint density at radius 2 is 1.96 bits per heavy atom. The fourth-order valence-electron chi connectivity index (χ4n) is 3.54. The molecular weight excluding hydrogens is 370 g/mol. The second kappa shape index (κ2) is 10.1. The Bertz CT molecular complexity index is 751. The molecular formula is C22H31N3O2S. The molecule has 1 unspecified atom stereocenters. The first-order valence-corrected chi connectivity index (χ1v) is 11.1. The van der Waals surface area contributed by atoms with Crippen LogP contribution < -0.4 is 5.32 Å². The van der Waals surface area contributed by atoms with Crippen LogP contribution in [0.15, 0.2) is 29.6 Å². The maximum Gasteiger partial charge on any atom is 0.226 e. The number of hydrogen-bond acceptors (Lipinski definition) is 5. The number of carbonyl (C=O) groups excluding carboxylic acids is 1. The molecule has 1 aromatic carbocycles. The third-order valence-corrected chi connectivity index (χ3v) is 6.24. The Kier molecular flexibility index (Phi) is 7.59. The molecule has 1 aromatic heterocycles. The van der Waals surface area contributed by atoms with E-state index in [1.807, 2.05) is 5.38 Å². The second-order valence-electron chi connectivity index (χ2n) is 7.64. The Morgan fingerprint density at radius 1 is 1.25 bits per heavy atom. The summed E-state index contributed by atoms with van der Waals surface area (Å²) in [6.45, 7) is 10.7. The number of morpholine rings is 1. The fourth-order valence-corrected chi connectivity index (χ4v) is 4.37. The highest BCUT2D eigenvalue weighted by atomic mass is 32.1. The summed E-state index contributed by atoms with van der Waals surface area (Å²) < 4.78 is 5.45. The smallest absolute Gasteiger partial charge is 0.226 e. The molecule has 2 aromatic rings. The van der Waals surface area contributed by atoms with Crippen molar-refractivity contribution in [1.82, 2.24) is 15.2 Å². The summed E-state index contributed by atoms with van der Waals surface area (Å²) >= 11 is 1.60. The summed E-state index contributed by atoms with van der Waals surface area (Å²) in [5.74, 6) is 0.521. The van der Waals surface area contributed by atoms with Gasteiger partial charge in [0, 0.05) is 36.6 Å². The highest BCUT2D eigenvalue weighted by molar-refractivity contribution is 7.13. The number of thiazole rings is 1. The summed E-state index contributed by atoms with van der Waals surface area (Å²) in [5.41, 5.74) is 3.27. The van der Waals surface area contributed by atoms with Crippen LogP contribution in [0.1, 0.15) is 32.0 Å². The highest BCUT2D eigenvalue weighted by Crippen LogP contribution is 2.24. The van der Waals surface area contributed by atoms with Crippen LogP contribution in [-0.2, 0) is 22.4 Å². The van der Waals surface area contributed by atoms with Gasteiger partial charge in [0.15, 0.2) is 0 Å². The van der Waals surface area contributed by atoms with Gasteiger partial charge in [0.05, 0.1) is 25.3 Å². The molecule has 0 bridgehead atoms. The van der Waals surface area contributed by atoms with Crippen molar-refractivity contribution in [2.45, 2.75) is 39.7 Å². The van der Waals surface area contributed by atoms with Gasteiger partial charge in [-0.25, -0.2) is 4.98 Å². The minimum atomic E-state index is 0.0390. The predicted octanol–water partition coefficient (Wildman–Crippen LogP) is 3.39. The number of aryl methyl sites for hydroxylation is 1. The zero-order valence-electron chi connectivity index (χ0n) is 17.1. The van der Waals surface area contributed by atoms with E-state index in [0.717, 1.165) is 49.0 Å². The lowest BCUT2D eigenvalue weighted by Gasteiger charge is -2.36. The van der Waals surface area contributed by atoms with E-state index in [1.165, 1.54) is 5.56 Å². The molecule has 1 saturated heterocycles. The van der Waals surface area contributed by atoms with E-state index in [1.54, 1.807) is 11.3 Å². The first kappa shape index (κ1) is 21.0. The van der Waals surface area contributed by atoms with Gasteiger partial charge in [-0.3, -0.25) is 9.69 Å². The Balaban J connectivity index is 1.53. The van der Waals surface area contributed by atoms with Gasteiger partial charge < -0.3 is 10.1 Å². The standard InChI is InChI=1S/C22H31N3O2S/c1-4-17-5-7-18(8-6-17)22-24-19(15-28-22)13-21(26)23-14-20(16(2)3)25-9-11-27-12-10-25/h5-8,15-16,20H,4,9-14H2,1-3H3,(H,23,26). The second-order valence-corrected chi connectivity index (χ2v) is 8.49. The number of hydrogen-bond donors (Lipinski definition) is 1. The molecule has 152 valence electrons. The fraction of sp³-hybridized carbons (Fsp3) is 0.545. The van der Waals surface area contributed by atoms with Gasteiger partial charge in [-0.2, -0.15) is 0 Å². The Morgan fingerprint density at radius 3 is 2.61 bits per heavy atom. The van der Waals surface area contributed by atoms with Gasteiger partial charge in [-0.05, 0) is 17.9 Å².